The number of rotatable bonds is 7. The predicted octanol–water partition coefficient (Wildman–Crippen LogP) is 7.72. The zero-order chi connectivity index (χ0) is 21.3. The van der Waals surface area contributed by atoms with Crippen molar-refractivity contribution in [1.82, 2.24) is 0 Å². The summed E-state index contributed by atoms with van der Waals surface area (Å²) in [7, 11) is 0. The smallest absolute Gasteiger partial charge is 0.175 e. The normalized spacial score (nSPS) is 10.5. The molecule has 2 heteroatoms. The molecule has 0 nitrogen and oxygen atoms in total. The number of benzene rings is 3. The van der Waals surface area contributed by atoms with Crippen molar-refractivity contribution in [3.8, 4) is 23.0 Å². The SMILES string of the molecule is CCCCCc1ccc(C#Cc2ccc(-c3ccc(CCC)cc3)c(F)c2F)cc1. The van der Waals surface area contributed by atoms with Crippen LogP contribution >= 0.6 is 0 Å². The van der Waals surface area contributed by atoms with Gasteiger partial charge >= 0.3 is 0 Å². The molecule has 0 amide bonds. The Morgan fingerprint density at radius 1 is 0.633 bits per heavy atom. The highest BCUT2D eigenvalue weighted by Crippen LogP contribution is 2.26. The summed E-state index contributed by atoms with van der Waals surface area (Å²) < 4.78 is 29.3. The van der Waals surface area contributed by atoms with Crippen molar-refractivity contribution in [1.29, 1.82) is 0 Å². The van der Waals surface area contributed by atoms with Crippen LogP contribution in [0.2, 0.25) is 0 Å². The van der Waals surface area contributed by atoms with Crippen molar-refractivity contribution in [2.24, 2.45) is 0 Å². The van der Waals surface area contributed by atoms with Crippen LogP contribution in [0.5, 0.6) is 0 Å². The minimum atomic E-state index is -0.895. The van der Waals surface area contributed by atoms with Crippen LogP contribution < -0.4 is 0 Å². The fourth-order valence-electron chi connectivity index (χ4n) is 3.48. The van der Waals surface area contributed by atoms with E-state index in [1.807, 2.05) is 36.4 Å². The van der Waals surface area contributed by atoms with Crippen LogP contribution in [-0.4, -0.2) is 0 Å². The minimum absolute atomic E-state index is 0.0749. The van der Waals surface area contributed by atoms with Crippen LogP contribution in [-0.2, 0) is 12.8 Å². The molecule has 0 spiro atoms. The van der Waals surface area contributed by atoms with Crippen LogP contribution in [0, 0.1) is 23.5 Å². The zero-order valence-electron chi connectivity index (χ0n) is 17.8. The van der Waals surface area contributed by atoms with Crippen LogP contribution in [0.4, 0.5) is 8.78 Å². The van der Waals surface area contributed by atoms with E-state index < -0.39 is 11.6 Å². The second-order valence-electron chi connectivity index (χ2n) is 7.64. The summed E-state index contributed by atoms with van der Waals surface area (Å²) in [6.07, 6.45) is 6.70. The number of aryl methyl sites for hydroxylation is 2. The highest BCUT2D eigenvalue weighted by atomic mass is 19.2. The first-order chi connectivity index (χ1) is 14.6. The molecule has 0 aromatic heterocycles. The number of hydrogen-bond acceptors (Lipinski definition) is 0. The molecule has 0 N–H and O–H groups in total. The molecule has 30 heavy (non-hydrogen) atoms. The van der Waals surface area contributed by atoms with Gasteiger partial charge in [-0.3, -0.25) is 0 Å². The summed E-state index contributed by atoms with van der Waals surface area (Å²) in [4.78, 5) is 0. The first-order valence-electron chi connectivity index (χ1n) is 10.8. The highest BCUT2D eigenvalue weighted by Gasteiger charge is 2.13. The fourth-order valence-corrected chi connectivity index (χ4v) is 3.48. The molecule has 3 aromatic carbocycles. The molecule has 3 rings (SSSR count). The minimum Gasteiger partial charge on any atom is -0.203 e. The van der Waals surface area contributed by atoms with E-state index in [4.69, 9.17) is 0 Å². The van der Waals surface area contributed by atoms with Gasteiger partial charge in [-0.05, 0) is 60.2 Å². The van der Waals surface area contributed by atoms with Crippen LogP contribution in [0.3, 0.4) is 0 Å². The van der Waals surface area contributed by atoms with Gasteiger partial charge in [-0.15, -0.1) is 0 Å². The van der Waals surface area contributed by atoms with E-state index in [1.54, 1.807) is 12.1 Å². The molecule has 0 radical (unpaired) electrons. The zero-order valence-corrected chi connectivity index (χ0v) is 17.8. The average Bonchev–Trinajstić information content (AvgIpc) is 2.77. The van der Waals surface area contributed by atoms with E-state index in [0.29, 0.717) is 5.56 Å². The maximum absolute atomic E-state index is 14.7. The molecule has 0 aliphatic heterocycles. The van der Waals surface area contributed by atoms with E-state index in [0.717, 1.165) is 24.8 Å². The number of hydrogen-bond donors (Lipinski definition) is 0. The molecule has 0 unspecified atom stereocenters. The van der Waals surface area contributed by atoms with Gasteiger partial charge in [-0.25, -0.2) is 8.78 Å². The molecule has 154 valence electrons. The molecule has 0 aliphatic carbocycles. The van der Waals surface area contributed by atoms with Gasteiger partial charge in [0.2, 0.25) is 0 Å². The van der Waals surface area contributed by atoms with Gasteiger partial charge in [0.25, 0.3) is 0 Å². The molecule has 0 saturated heterocycles. The van der Waals surface area contributed by atoms with Crippen molar-refractivity contribution in [3.63, 3.8) is 0 Å². The summed E-state index contributed by atoms with van der Waals surface area (Å²) in [6.45, 7) is 4.31. The first kappa shape index (κ1) is 21.8. The van der Waals surface area contributed by atoms with Crippen LogP contribution in [0.15, 0.2) is 60.7 Å². The van der Waals surface area contributed by atoms with Crippen molar-refractivity contribution in [2.75, 3.05) is 0 Å². The van der Waals surface area contributed by atoms with E-state index in [-0.39, 0.29) is 11.1 Å². The van der Waals surface area contributed by atoms with Gasteiger partial charge in [0.15, 0.2) is 11.6 Å². The lowest BCUT2D eigenvalue weighted by atomic mass is 10.00. The fraction of sp³-hybridized carbons (Fsp3) is 0.286. The predicted molar refractivity (Wildman–Crippen MR) is 121 cm³/mol. The topological polar surface area (TPSA) is 0 Å². The molecular formula is C28H28F2. The third-order valence-electron chi connectivity index (χ3n) is 5.25. The third kappa shape index (κ3) is 5.57. The quantitative estimate of drug-likeness (QED) is 0.280. The van der Waals surface area contributed by atoms with Crippen LogP contribution in [0.1, 0.15) is 61.8 Å². The van der Waals surface area contributed by atoms with E-state index in [1.165, 1.54) is 30.4 Å². The van der Waals surface area contributed by atoms with Gasteiger partial charge in [-0.1, -0.05) is 81.3 Å². The standard InChI is InChI=1S/C28H28F2/c1-3-5-6-8-22-9-11-23(12-10-22)15-18-25-19-20-26(28(30)27(25)29)24-16-13-21(7-4-2)14-17-24/h9-14,16-17,19-20H,3-8H2,1-2H3. The Labute approximate surface area is 179 Å². The van der Waals surface area contributed by atoms with Gasteiger partial charge < -0.3 is 0 Å². The summed E-state index contributed by atoms with van der Waals surface area (Å²) in [5, 5.41) is 0. The molecule has 0 aliphatic rings. The summed E-state index contributed by atoms with van der Waals surface area (Å²) >= 11 is 0. The Hall–Kier alpha value is -2.92. The third-order valence-corrected chi connectivity index (χ3v) is 5.25. The van der Waals surface area contributed by atoms with E-state index in [9.17, 15) is 8.78 Å². The Morgan fingerprint density at radius 3 is 1.97 bits per heavy atom. The number of unbranched alkanes of at least 4 members (excludes halogenated alkanes) is 2. The lowest BCUT2D eigenvalue weighted by molar-refractivity contribution is 0.509. The van der Waals surface area contributed by atoms with Crippen molar-refractivity contribution in [3.05, 3.63) is 94.6 Å². The van der Waals surface area contributed by atoms with Crippen molar-refractivity contribution >= 4 is 0 Å². The van der Waals surface area contributed by atoms with E-state index in [2.05, 4.69) is 37.8 Å². The van der Waals surface area contributed by atoms with Crippen molar-refractivity contribution < 1.29 is 8.78 Å². The summed E-state index contributed by atoms with van der Waals surface area (Å²) in [5.74, 6) is 3.98. The van der Waals surface area contributed by atoms with Crippen LogP contribution in [0.25, 0.3) is 11.1 Å². The monoisotopic (exact) mass is 402 g/mol. The Bertz CT molecular complexity index is 1020. The van der Waals surface area contributed by atoms with Gasteiger partial charge in [0, 0.05) is 11.1 Å². The molecule has 0 fully saturated rings. The molecule has 0 saturated carbocycles. The van der Waals surface area contributed by atoms with Gasteiger partial charge in [-0.2, -0.15) is 0 Å². The Balaban J connectivity index is 1.76. The molecule has 0 atom stereocenters. The largest absolute Gasteiger partial charge is 0.203 e. The van der Waals surface area contributed by atoms with Crippen molar-refractivity contribution in [2.45, 2.75) is 52.4 Å². The van der Waals surface area contributed by atoms with Gasteiger partial charge in [0.1, 0.15) is 0 Å². The lowest BCUT2D eigenvalue weighted by Gasteiger charge is -2.07. The average molecular weight is 403 g/mol. The molecule has 3 aromatic rings. The first-order valence-corrected chi connectivity index (χ1v) is 10.8. The molecular weight excluding hydrogens is 374 g/mol. The summed E-state index contributed by atoms with van der Waals surface area (Å²) in [5.41, 5.74) is 4.28. The highest BCUT2D eigenvalue weighted by molar-refractivity contribution is 5.66. The lowest BCUT2D eigenvalue weighted by Crippen LogP contribution is -1.94. The summed E-state index contributed by atoms with van der Waals surface area (Å²) in [6, 6.07) is 18.8. The van der Waals surface area contributed by atoms with E-state index >= 15 is 0 Å². The maximum Gasteiger partial charge on any atom is 0.175 e. The molecule has 0 heterocycles. The van der Waals surface area contributed by atoms with Gasteiger partial charge in [0.05, 0.1) is 5.56 Å². The second kappa shape index (κ2) is 10.7. The second-order valence-corrected chi connectivity index (χ2v) is 7.64. The molecule has 0 bridgehead atoms. The Morgan fingerprint density at radius 2 is 1.30 bits per heavy atom. The number of halogens is 2. The maximum atomic E-state index is 14.7. The Kier molecular flexibility index (Phi) is 7.80.